The van der Waals surface area contributed by atoms with E-state index < -0.39 is 5.41 Å². The second-order valence-electron chi connectivity index (χ2n) is 15.9. The number of benzene rings is 9. The third kappa shape index (κ3) is 5.87. The van der Waals surface area contributed by atoms with Gasteiger partial charge in [0.1, 0.15) is 0 Å². The summed E-state index contributed by atoms with van der Waals surface area (Å²) in [5, 5.41) is 0. The molecule has 290 valence electrons. The smallest absolute Gasteiger partial charge is 0.164 e. The summed E-state index contributed by atoms with van der Waals surface area (Å²) in [6, 6.07) is 80.4. The molecule has 0 saturated heterocycles. The average Bonchev–Trinajstić information content (AvgIpc) is 3.65. The first-order valence-corrected chi connectivity index (χ1v) is 21.8. The van der Waals surface area contributed by atoms with Crippen LogP contribution in [0, 0.1) is 0 Å². The molecule has 1 aliphatic carbocycles. The van der Waals surface area contributed by atoms with Crippen LogP contribution >= 0.6 is 11.8 Å². The summed E-state index contributed by atoms with van der Waals surface area (Å²) in [5.41, 5.74) is 17.1. The van der Waals surface area contributed by atoms with Gasteiger partial charge in [-0.1, -0.05) is 212 Å². The van der Waals surface area contributed by atoms with Crippen molar-refractivity contribution in [2.75, 3.05) is 0 Å². The third-order valence-electron chi connectivity index (χ3n) is 12.4. The maximum absolute atomic E-state index is 5.25. The zero-order valence-electron chi connectivity index (χ0n) is 33.6. The zero-order chi connectivity index (χ0) is 41.0. The maximum atomic E-state index is 5.25. The molecule has 1 spiro atoms. The number of aromatic nitrogens is 3. The van der Waals surface area contributed by atoms with Crippen molar-refractivity contribution in [3.63, 3.8) is 0 Å². The summed E-state index contributed by atoms with van der Waals surface area (Å²) in [7, 11) is 0. The van der Waals surface area contributed by atoms with E-state index in [9.17, 15) is 0 Å². The topological polar surface area (TPSA) is 38.7 Å². The van der Waals surface area contributed by atoms with Crippen molar-refractivity contribution < 1.29 is 0 Å². The molecule has 0 radical (unpaired) electrons. The normalized spacial score (nSPS) is 12.9. The molecule has 0 atom stereocenters. The zero-order valence-corrected chi connectivity index (χ0v) is 34.4. The highest BCUT2D eigenvalue weighted by Gasteiger charge is 2.50. The van der Waals surface area contributed by atoms with Crippen LogP contribution in [0.1, 0.15) is 22.3 Å². The molecule has 62 heavy (non-hydrogen) atoms. The minimum absolute atomic E-state index is 0.446. The Morgan fingerprint density at radius 3 is 1.19 bits per heavy atom. The molecule has 0 N–H and O–H groups in total. The molecule has 10 aromatic rings. The van der Waals surface area contributed by atoms with Gasteiger partial charge in [-0.2, -0.15) is 0 Å². The molecule has 1 aromatic heterocycles. The lowest BCUT2D eigenvalue weighted by atomic mass is 9.67. The number of fused-ring (bicyclic) bond motifs is 9. The highest BCUT2D eigenvalue weighted by Crippen LogP contribution is 2.63. The maximum Gasteiger partial charge on any atom is 0.164 e. The SMILES string of the molecule is c1ccc(-c2cccc(-c3nc(-c4cccc(-c5ccccc5)c4)nc(-c4cccc(-c5cccc6c5Sc5ccccc5C65c6ccccc6-c6ccccc65)c4)n3)c2)cc1. The average molecular weight is 808 g/mol. The van der Waals surface area contributed by atoms with E-state index in [0.717, 1.165) is 44.5 Å². The van der Waals surface area contributed by atoms with E-state index in [2.05, 4.69) is 212 Å². The van der Waals surface area contributed by atoms with Crippen molar-refractivity contribution in [2.24, 2.45) is 0 Å². The first-order valence-electron chi connectivity index (χ1n) is 21.0. The fourth-order valence-corrected chi connectivity index (χ4v) is 11.0. The molecule has 12 rings (SSSR count). The van der Waals surface area contributed by atoms with Crippen LogP contribution in [0.2, 0.25) is 0 Å². The van der Waals surface area contributed by atoms with Crippen LogP contribution in [0.3, 0.4) is 0 Å². The van der Waals surface area contributed by atoms with Gasteiger partial charge in [0.2, 0.25) is 0 Å². The fourth-order valence-electron chi connectivity index (χ4n) is 9.63. The lowest BCUT2D eigenvalue weighted by Crippen LogP contribution is -2.32. The van der Waals surface area contributed by atoms with Crippen LogP contribution in [0.4, 0.5) is 0 Å². The molecule has 0 amide bonds. The van der Waals surface area contributed by atoms with E-state index in [0.29, 0.717) is 17.5 Å². The molecule has 1 aliphatic heterocycles. The molecule has 2 heterocycles. The largest absolute Gasteiger partial charge is 0.208 e. The van der Waals surface area contributed by atoms with Crippen LogP contribution in [-0.2, 0) is 5.41 Å². The first kappa shape index (κ1) is 36.2. The fraction of sp³-hybridized carbons (Fsp3) is 0.0172. The van der Waals surface area contributed by atoms with Crippen molar-refractivity contribution >= 4 is 11.8 Å². The standard InChI is InChI=1S/C58H37N3S/c1-3-17-38(18-4-1)40-21-13-24-43(35-40)55-59-56(44-25-14-22-41(36-44)39-19-5-2-6-20-39)61-57(60-55)45-26-15-23-42(37-45)46-29-16-33-52-54(46)62-53-34-12-11-32-51(53)58(52)49-30-9-7-27-47(49)48-28-8-10-31-50(48)58/h1-37H. The molecule has 0 fully saturated rings. The summed E-state index contributed by atoms with van der Waals surface area (Å²) < 4.78 is 0. The van der Waals surface area contributed by atoms with Gasteiger partial charge in [-0.25, -0.2) is 15.0 Å². The van der Waals surface area contributed by atoms with E-state index >= 15 is 0 Å². The van der Waals surface area contributed by atoms with E-state index in [4.69, 9.17) is 15.0 Å². The summed E-state index contributed by atoms with van der Waals surface area (Å²) >= 11 is 1.87. The van der Waals surface area contributed by atoms with E-state index in [1.54, 1.807) is 0 Å². The number of hydrogen-bond acceptors (Lipinski definition) is 4. The molecule has 0 unspecified atom stereocenters. The number of rotatable bonds is 6. The predicted octanol–water partition coefficient (Wildman–Crippen LogP) is 14.7. The van der Waals surface area contributed by atoms with Crippen LogP contribution in [0.5, 0.6) is 0 Å². The molecule has 0 bridgehead atoms. The second-order valence-corrected chi connectivity index (χ2v) is 17.0. The van der Waals surface area contributed by atoms with Crippen molar-refractivity contribution in [3.05, 3.63) is 247 Å². The Morgan fingerprint density at radius 1 is 0.274 bits per heavy atom. The minimum atomic E-state index is -0.446. The molecular formula is C58H37N3S. The van der Waals surface area contributed by atoms with Crippen molar-refractivity contribution in [2.45, 2.75) is 15.2 Å². The lowest BCUT2D eigenvalue weighted by molar-refractivity contribution is 0.723. The van der Waals surface area contributed by atoms with Gasteiger partial charge >= 0.3 is 0 Å². The van der Waals surface area contributed by atoms with Gasteiger partial charge in [0.05, 0.1) is 5.41 Å². The Morgan fingerprint density at radius 2 is 0.645 bits per heavy atom. The second kappa shape index (κ2) is 14.8. The van der Waals surface area contributed by atoms with Gasteiger partial charge in [0.15, 0.2) is 17.5 Å². The van der Waals surface area contributed by atoms with E-state index in [-0.39, 0.29) is 0 Å². The molecule has 9 aromatic carbocycles. The van der Waals surface area contributed by atoms with E-state index in [1.807, 2.05) is 23.9 Å². The Hall–Kier alpha value is -7.66. The minimum Gasteiger partial charge on any atom is -0.208 e. The molecular weight excluding hydrogens is 771 g/mol. The monoisotopic (exact) mass is 807 g/mol. The molecule has 0 saturated carbocycles. The van der Waals surface area contributed by atoms with Gasteiger partial charge in [-0.3, -0.25) is 0 Å². The Kier molecular flexibility index (Phi) is 8.65. The third-order valence-corrected chi connectivity index (χ3v) is 13.6. The van der Waals surface area contributed by atoms with Crippen LogP contribution in [-0.4, -0.2) is 15.0 Å². The van der Waals surface area contributed by atoms with Gasteiger partial charge in [-0.15, -0.1) is 0 Å². The molecule has 3 nitrogen and oxygen atoms in total. The number of nitrogens with zero attached hydrogens (tertiary/aromatic N) is 3. The van der Waals surface area contributed by atoms with Crippen molar-refractivity contribution in [1.29, 1.82) is 0 Å². The summed E-state index contributed by atoms with van der Waals surface area (Å²) in [6.45, 7) is 0. The Labute approximate surface area is 365 Å². The Balaban J connectivity index is 1.03. The van der Waals surface area contributed by atoms with Gasteiger partial charge in [0.25, 0.3) is 0 Å². The summed E-state index contributed by atoms with van der Waals surface area (Å²) in [6.07, 6.45) is 0. The number of hydrogen-bond donors (Lipinski definition) is 0. The van der Waals surface area contributed by atoms with Crippen LogP contribution in [0.25, 0.3) is 78.7 Å². The first-order chi connectivity index (χ1) is 30.7. The molecule has 4 heteroatoms. The van der Waals surface area contributed by atoms with Gasteiger partial charge in [0, 0.05) is 26.5 Å². The summed E-state index contributed by atoms with van der Waals surface area (Å²) in [5.74, 6) is 1.88. The highest BCUT2D eigenvalue weighted by atomic mass is 32.2. The van der Waals surface area contributed by atoms with Crippen LogP contribution < -0.4 is 0 Å². The van der Waals surface area contributed by atoms with E-state index in [1.165, 1.54) is 48.7 Å². The highest BCUT2D eigenvalue weighted by molar-refractivity contribution is 7.99. The quantitative estimate of drug-likeness (QED) is 0.168. The lowest BCUT2D eigenvalue weighted by Gasteiger charge is -2.40. The Bertz CT molecular complexity index is 3190. The van der Waals surface area contributed by atoms with Crippen LogP contribution in [0.15, 0.2) is 234 Å². The van der Waals surface area contributed by atoms with Crippen molar-refractivity contribution in [3.8, 4) is 78.7 Å². The van der Waals surface area contributed by atoms with Gasteiger partial charge < -0.3 is 0 Å². The van der Waals surface area contributed by atoms with Crippen molar-refractivity contribution in [1.82, 2.24) is 15.0 Å². The summed E-state index contributed by atoms with van der Waals surface area (Å²) in [4.78, 5) is 18.2. The predicted molar refractivity (Wildman–Crippen MR) is 254 cm³/mol. The molecule has 2 aliphatic rings. The van der Waals surface area contributed by atoms with Gasteiger partial charge in [-0.05, 0) is 91.0 Å².